The zero-order chi connectivity index (χ0) is 18.6. The molecule has 0 radical (unpaired) electrons. The molecule has 1 fully saturated rings. The van der Waals surface area contributed by atoms with E-state index in [4.69, 9.17) is 0 Å². The standard InChI is InChI=1S/C22H25N3O2/c26-19-13-11-17(12-14-19)23-22(27)20-15-21(16-7-3-1-4-8-16)25(24-20)18-9-5-2-6-10-18/h1-10,17,19,21,26H,11-15H2,(H,23,27). The highest BCUT2D eigenvalue weighted by molar-refractivity contribution is 6.39. The topological polar surface area (TPSA) is 64.9 Å². The van der Waals surface area contributed by atoms with Crippen LogP contribution in [0.5, 0.6) is 0 Å². The van der Waals surface area contributed by atoms with E-state index in [-0.39, 0.29) is 24.1 Å². The van der Waals surface area contributed by atoms with Gasteiger partial charge in [-0.2, -0.15) is 5.10 Å². The van der Waals surface area contributed by atoms with Crippen LogP contribution in [-0.4, -0.2) is 28.9 Å². The van der Waals surface area contributed by atoms with Gasteiger partial charge in [-0.15, -0.1) is 0 Å². The molecular weight excluding hydrogens is 338 g/mol. The van der Waals surface area contributed by atoms with Crippen molar-refractivity contribution in [3.8, 4) is 0 Å². The van der Waals surface area contributed by atoms with Crippen molar-refractivity contribution in [2.75, 3.05) is 5.01 Å². The lowest BCUT2D eigenvalue weighted by atomic mass is 9.93. The summed E-state index contributed by atoms with van der Waals surface area (Å²) in [6.45, 7) is 0. The molecule has 27 heavy (non-hydrogen) atoms. The van der Waals surface area contributed by atoms with E-state index in [1.54, 1.807) is 0 Å². The Kier molecular flexibility index (Phi) is 5.21. The van der Waals surface area contributed by atoms with Gasteiger partial charge in [0.2, 0.25) is 0 Å². The second kappa shape index (κ2) is 7.92. The number of hydrazone groups is 1. The van der Waals surface area contributed by atoms with Crippen LogP contribution in [0, 0.1) is 0 Å². The number of aliphatic hydroxyl groups is 1. The van der Waals surface area contributed by atoms with Crippen LogP contribution in [0.2, 0.25) is 0 Å². The number of aliphatic hydroxyl groups excluding tert-OH is 1. The lowest BCUT2D eigenvalue weighted by molar-refractivity contribution is -0.115. The Balaban J connectivity index is 1.53. The Hall–Kier alpha value is -2.66. The molecule has 5 nitrogen and oxygen atoms in total. The minimum atomic E-state index is -0.224. The summed E-state index contributed by atoms with van der Waals surface area (Å²) < 4.78 is 0. The molecule has 140 valence electrons. The van der Waals surface area contributed by atoms with Crippen LogP contribution in [0.15, 0.2) is 65.8 Å². The second-order valence-electron chi connectivity index (χ2n) is 7.34. The highest BCUT2D eigenvalue weighted by atomic mass is 16.3. The molecule has 2 aromatic carbocycles. The molecule has 1 aliphatic heterocycles. The van der Waals surface area contributed by atoms with E-state index in [2.05, 4.69) is 22.6 Å². The molecule has 5 heteroatoms. The summed E-state index contributed by atoms with van der Waals surface area (Å²) >= 11 is 0. The zero-order valence-corrected chi connectivity index (χ0v) is 15.3. The average molecular weight is 363 g/mol. The van der Waals surface area contributed by atoms with Crippen molar-refractivity contribution in [1.29, 1.82) is 0 Å². The molecule has 0 aromatic heterocycles. The van der Waals surface area contributed by atoms with Crippen molar-refractivity contribution in [3.05, 3.63) is 66.2 Å². The van der Waals surface area contributed by atoms with Crippen LogP contribution in [0.25, 0.3) is 0 Å². The van der Waals surface area contributed by atoms with Crippen LogP contribution >= 0.6 is 0 Å². The molecule has 1 aliphatic carbocycles. The highest BCUT2D eigenvalue weighted by Gasteiger charge is 2.33. The highest BCUT2D eigenvalue weighted by Crippen LogP contribution is 2.35. The van der Waals surface area contributed by atoms with E-state index >= 15 is 0 Å². The lowest BCUT2D eigenvalue weighted by Crippen LogP contribution is -2.41. The number of benzene rings is 2. The zero-order valence-electron chi connectivity index (χ0n) is 15.3. The third-order valence-electron chi connectivity index (χ3n) is 5.41. The molecule has 2 aliphatic rings. The lowest BCUT2D eigenvalue weighted by Gasteiger charge is -2.26. The van der Waals surface area contributed by atoms with Gasteiger partial charge in [0.05, 0.1) is 17.8 Å². The molecular formula is C22H25N3O2. The first-order valence-corrected chi connectivity index (χ1v) is 9.66. The molecule has 0 saturated heterocycles. The summed E-state index contributed by atoms with van der Waals surface area (Å²) in [5.74, 6) is -0.0873. The van der Waals surface area contributed by atoms with Crippen LogP contribution in [0.1, 0.15) is 43.7 Å². The number of rotatable bonds is 4. The Bertz CT molecular complexity index is 799. The van der Waals surface area contributed by atoms with E-state index in [1.807, 2.05) is 53.5 Å². The molecule has 4 rings (SSSR count). The number of hydrogen-bond acceptors (Lipinski definition) is 4. The van der Waals surface area contributed by atoms with Gasteiger partial charge in [-0.25, -0.2) is 0 Å². The third kappa shape index (κ3) is 4.03. The van der Waals surface area contributed by atoms with Gasteiger partial charge in [0.25, 0.3) is 5.91 Å². The van der Waals surface area contributed by atoms with E-state index in [9.17, 15) is 9.90 Å². The number of hydrogen-bond donors (Lipinski definition) is 2. The number of carbonyl (C=O) groups is 1. The summed E-state index contributed by atoms with van der Waals surface area (Å²) in [6, 6.07) is 20.3. The van der Waals surface area contributed by atoms with Crippen molar-refractivity contribution in [2.24, 2.45) is 5.10 Å². The van der Waals surface area contributed by atoms with Gasteiger partial charge in [0.15, 0.2) is 0 Å². The van der Waals surface area contributed by atoms with E-state index < -0.39 is 0 Å². The fourth-order valence-corrected chi connectivity index (χ4v) is 3.89. The van der Waals surface area contributed by atoms with Crippen molar-refractivity contribution >= 4 is 17.3 Å². The molecule has 1 saturated carbocycles. The van der Waals surface area contributed by atoms with Gasteiger partial charge < -0.3 is 10.4 Å². The summed E-state index contributed by atoms with van der Waals surface area (Å²) in [5.41, 5.74) is 2.70. The maximum Gasteiger partial charge on any atom is 0.267 e. The van der Waals surface area contributed by atoms with E-state index in [0.29, 0.717) is 12.1 Å². The Morgan fingerprint density at radius 3 is 2.26 bits per heavy atom. The number of nitrogens with zero attached hydrogens (tertiary/aromatic N) is 2. The maximum atomic E-state index is 12.8. The molecule has 2 aromatic rings. The third-order valence-corrected chi connectivity index (χ3v) is 5.41. The van der Waals surface area contributed by atoms with Gasteiger partial charge in [-0.05, 0) is 43.4 Å². The minimum Gasteiger partial charge on any atom is -0.393 e. The first kappa shape index (κ1) is 17.7. The molecule has 0 spiro atoms. The number of carbonyl (C=O) groups excluding carboxylic acids is 1. The normalized spacial score (nSPS) is 25.1. The number of nitrogens with one attached hydrogen (secondary N) is 1. The van der Waals surface area contributed by atoms with Gasteiger partial charge in [0, 0.05) is 12.5 Å². The molecule has 1 unspecified atom stereocenters. The van der Waals surface area contributed by atoms with Gasteiger partial charge in [0.1, 0.15) is 5.71 Å². The maximum absolute atomic E-state index is 12.8. The first-order valence-electron chi connectivity index (χ1n) is 9.66. The van der Waals surface area contributed by atoms with Gasteiger partial charge in [-0.3, -0.25) is 9.80 Å². The van der Waals surface area contributed by atoms with E-state index in [1.165, 1.54) is 0 Å². The summed E-state index contributed by atoms with van der Waals surface area (Å²) in [4.78, 5) is 12.8. The second-order valence-corrected chi connectivity index (χ2v) is 7.34. The molecule has 1 heterocycles. The summed E-state index contributed by atoms with van der Waals surface area (Å²) in [6.07, 6.45) is 3.51. The Labute approximate surface area is 159 Å². The molecule has 1 atom stereocenters. The molecule has 2 N–H and O–H groups in total. The fourth-order valence-electron chi connectivity index (χ4n) is 3.89. The monoisotopic (exact) mass is 363 g/mol. The van der Waals surface area contributed by atoms with Crippen LogP contribution < -0.4 is 10.3 Å². The number of para-hydroxylation sites is 1. The Morgan fingerprint density at radius 2 is 1.59 bits per heavy atom. The van der Waals surface area contributed by atoms with E-state index in [0.717, 1.165) is 36.9 Å². The van der Waals surface area contributed by atoms with Crippen molar-refractivity contribution in [3.63, 3.8) is 0 Å². The first-order chi connectivity index (χ1) is 13.2. The number of anilines is 1. The molecule has 0 bridgehead atoms. The van der Waals surface area contributed by atoms with Gasteiger partial charge in [-0.1, -0.05) is 48.5 Å². The van der Waals surface area contributed by atoms with Crippen LogP contribution in [0.4, 0.5) is 5.69 Å². The molecule has 1 amide bonds. The largest absolute Gasteiger partial charge is 0.393 e. The SMILES string of the molecule is O=C(NC1CCC(O)CC1)C1=NN(c2ccccc2)C(c2ccccc2)C1. The smallest absolute Gasteiger partial charge is 0.267 e. The number of amides is 1. The van der Waals surface area contributed by atoms with Crippen LogP contribution in [0.3, 0.4) is 0 Å². The van der Waals surface area contributed by atoms with Crippen LogP contribution in [-0.2, 0) is 4.79 Å². The minimum absolute atomic E-state index is 0.0162. The van der Waals surface area contributed by atoms with Crippen molar-refractivity contribution in [1.82, 2.24) is 5.32 Å². The fraction of sp³-hybridized carbons (Fsp3) is 0.364. The quantitative estimate of drug-likeness (QED) is 0.875. The predicted octanol–water partition coefficient (Wildman–Crippen LogP) is 3.41. The Morgan fingerprint density at radius 1 is 0.963 bits per heavy atom. The van der Waals surface area contributed by atoms with Crippen molar-refractivity contribution in [2.45, 2.75) is 50.3 Å². The predicted molar refractivity (Wildman–Crippen MR) is 107 cm³/mol. The summed E-state index contributed by atoms with van der Waals surface area (Å²) in [7, 11) is 0. The van der Waals surface area contributed by atoms with Crippen molar-refractivity contribution < 1.29 is 9.90 Å². The average Bonchev–Trinajstić information content (AvgIpc) is 3.17. The summed E-state index contributed by atoms with van der Waals surface area (Å²) in [5, 5.41) is 19.4. The van der Waals surface area contributed by atoms with Gasteiger partial charge >= 0.3 is 0 Å².